The van der Waals surface area contributed by atoms with E-state index in [-0.39, 0.29) is 17.2 Å². The van der Waals surface area contributed by atoms with Crippen molar-refractivity contribution in [1.82, 2.24) is 0 Å². The zero-order chi connectivity index (χ0) is 19.1. The highest BCUT2D eigenvalue weighted by Crippen LogP contribution is 2.49. The average molecular weight is 357 g/mol. The van der Waals surface area contributed by atoms with Gasteiger partial charge in [-0.15, -0.1) is 0 Å². The second kappa shape index (κ2) is 6.99. The van der Waals surface area contributed by atoms with Crippen molar-refractivity contribution in [3.05, 3.63) is 58.3 Å². The van der Waals surface area contributed by atoms with E-state index >= 15 is 0 Å². The van der Waals surface area contributed by atoms with Crippen LogP contribution >= 0.6 is 0 Å². The molecule has 1 aromatic rings. The molecule has 1 unspecified atom stereocenters. The summed E-state index contributed by atoms with van der Waals surface area (Å²) in [4.78, 5) is 12.6. The Bertz CT molecular complexity index is 746. The number of rotatable bonds is 3. The molecule has 2 aliphatic carbocycles. The molecule has 2 aliphatic rings. The van der Waals surface area contributed by atoms with Crippen molar-refractivity contribution in [2.24, 2.45) is 11.3 Å². The smallest absolute Gasteiger partial charge is 0.338 e. The van der Waals surface area contributed by atoms with Gasteiger partial charge in [0.05, 0.1) is 5.56 Å². The van der Waals surface area contributed by atoms with Crippen LogP contribution in [0.25, 0.3) is 0 Å². The van der Waals surface area contributed by atoms with Crippen LogP contribution in [-0.2, 0) is 4.74 Å². The molecule has 3 atom stereocenters. The average Bonchev–Trinajstić information content (AvgIpc) is 2.90. The van der Waals surface area contributed by atoms with Crippen molar-refractivity contribution in [3.63, 3.8) is 0 Å². The molecule has 0 spiro atoms. The minimum Gasteiger partial charge on any atom is -0.595 e. The quantitative estimate of drug-likeness (QED) is 0.491. The lowest BCUT2D eigenvalue weighted by Crippen LogP contribution is -2.99. The van der Waals surface area contributed by atoms with Gasteiger partial charge in [0.25, 0.3) is 0 Å². The number of fused-ring (bicyclic) bond motifs is 1. The zero-order valence-corrected chi connectivity index (χ0v) is 15.7. The third kappa shape index (κ3) is 3.61. The number of ether oxygens (including phenoxy) is 1. The van der Waals surface area contributed by atoms with Crippen LogP contribution in [0.4, 0.5) is 5.69 Å². The Hall–Kier alpha value is -1.95. The van der Waals surface area contributed by atoms with Crippen molar-refractivity contribution in [2.75, 3.05) is 0 Å². The van der Waals surface area contributed by atoms with E-state index in [0.29, 0.717) is 17.9 Å². The standard InChI is InChI=1S/C21H27NO4/c1-13-5-10-17-14(2)11-19(21(3,4)12-18(13)17)26-20(23)15-6-8-16(9-7-15)22(24)25/h6-9,17,19,22,24H,2,5,10-12H2,1,3-4H3/t17-,19-/m1/s1. The Morgan fingerprint density at radius 3 is 2.62 bits per heavy atom. The lowest BCUT2D eigenvalue weighted by atomic mass is 9.80. The number of esters is 1. The van der Waals surface area contributed by atoms with Crippen molar-refractivity contribution in [2.45, 2.75) is 52.6 Å². The predicted octanol–water partition coefficient (Wildman–Crippen LogP) is 3.72. The second-order valence-electron chi connectivity index (χ2n) is 8.20. The Morgan fingerprint density at radius 2 is 2.00 bits per heavy atom. The highest BCUT2D eigenvalue weighted by atomic mass is 16.8. The number of quaternary nitrogens is 1. The Labute approximate surface area is 154 Å². The van der Waals surface area contributed by atoms with E-state index in [1.165, 1.54) is 35.4 Å². The van der Waals surface area contributed by atoms with Gasteiger partial charge in [0.1, 0.15) is 6.10 Å². The number of benzene rings is 1. The summed E-state index contributed by atoms with van der Waals surface area (Å²) in [6.07, 6.45) is 3.60. The van der Waals surface area contributed by atoms with E-state index in [2.05, 4.69) is 27.4 Å². The normalized spacial score (nSPS) is 26.3. The number of hydrogen-bond acceptors (Lipinski definition) is 4. The summed E-state index contributed by atoms with van der Waals surface area (Å²) in [5.41, 5.74) is 4.44. The van der Waals surface area contributed by atoms with Gasteiger partial charge < -0.3 is 9.94 Å². The number of carbonyl (C=O) groups excluding carboxylic acids is 1. The van der Waals surface area contributed by atoms with Gasteiger partial charge >= 0.3 is 5.97 Å². The fraction of sp³-hybridized carbons (Fsp3) is 0.476. The first-order valence-corrected chi connectivity index (χ1v) is 9.09. The lowest BCUT2D eigenvalue weighted by molar-refractivity contribution is -0.991. The van der Waals surface area contributed by atoms with E-state index < -0.39 is 11.2 Å². The number of hydrogen-bond donors (Lipinski definition) is 2. The lowest BCUT2D eigenvalue weighted by Gasteiger charge is -2.32. The molecular weight excluding hydrogens is 330 g/mol. The highest BCUT2D eigenvalue weighted by molar-refractivity contribution is 5.89. The van der Waals surface area contributed by atoms with Gasteiger partial charge in [0.2, 0.25) is 0 Å². The molecular formula is C21H27NO4. The van der Waals surface area contributed by atoms with E-state index in [4.69, 9.17) is 9.94 Å². The number of allylic oxidation sites excluding steroid dienone is 2. The van der Waals surface area contributed by atoms with Crippen molar-refractivity contribution in [1.29, 1.82) is 0 Å². The van der Waals surface area contributed by atoms with Gasteiger partial charge in [0.15, 0.2) is 5.69 Å². The Balaban J connectivity index is 1.79. The van der Waals surface area contributed by atoms with Gasteiger partial charge in [-0.1, -0.05) is 37.1 Å². The third-order valence-electron chi connectivity index (χ3n) is 5.85. The third-order valence-corrected chi connectivity index (χ3v) is 5.85. The zero-order valence-electron chi connectivity index (χ0n) is 15.7. The molecule has 2 N–H and O–H groups in total. The maximum absolute atomic E-state index is 12.6. The summed E-state index contributed by atoms with van der Waals surface area (Å²) in [7, 11) is 0. The molecule has 0 bridgehead atoms. The maximum atomic E-state index is 12.6. The summed E-state index contributed by atoms with van der Waals surface area (Å²) in [5, 5.41) is 18.9. The van der Waals surface area contributed by atoms with Crippen LogP contribution < -0.4 is 5.23 Å². The van der Waals surface area contributed by atoms with Crippen LogP contribution in [0.2, 0.25) is 0 Å². The summed E-state index contributed by atoms with van der Waals surface area (Å²) in [6.45, 7) is 10.8. The summed E-state index contributed by atoms with van der Waals surface area (Å²) in [5.74, 6) is 0.0124. The van der Waals surface area contributed by atoms with Gasteiger partial charge in [0, 0.05) is 29.9 Å². The molecule has 140 valence electrons. The second-order valence-corrected chi connectivity index (χ2v) is 8.20. The fourth-order valence-corrected chi connectivity index (χ4v) is 4.13. The van der Waals surface area contributed by atoms with Crippen molar-refractivity contribution in [3.8, 4) is 0 Å². The van der Waals surface area contributed by atoms with E-state index in [1.807, 2.05) is 0 Å². The van der Waals surface area contributed by atoms with E-state index in [1.54, 1.807) is 0 Å². The largest absolute Gasteiger partial charge is 0.595 e. The molecule has 0 aromatic heterocycles. The molecule has 0 saturated heterocycles. The van der Waals surface area contributed by atoms with E-state index in [9.17, 15) is 10.0 Å². The number of carbonyl (C=O) groups is 1. The van der Waals surface area contributed by atoms with E-state index in [0.717, 1.165) is 24.8 Å². The highest BCUT2D eigenvalue weighted by Gasteiger charge is 2.41. The summed E-state index contributed by atoms with van der Waals surface area (Å²) >= 11 is 0. The Morgan fingerprint density at radius 1 is 1.35 bits per heavy atom. The van der Waals surface area contributed by atoms with Crippen LogP contribution in [0.1, 0.15) is 56.8 Å². The van der Waals surface area contributed by atoms with Gasteiger partial charge in [-0.05, 0) is 38.3 Å². The van der Waals surface area contributed by atoms with Crippen LogP contribution in [0, 0.1) is 16.5 Å². The molecule has 5 nitrogen and oxygen atoms in total. The summed E-state index contributed by atoms with van der Waals surface area (Å²) < 4.78 is 5.87. The molecule has 0 heterocycles. The molecule has 1 fully saturated rings. The molecule has 5 heteroatoms. The van der Waals surface area contributed by atoms with Crippen LogP contribution in [-0.4, -0.2) is 17.3 Å². The first-order valence-electron chi connectivity index (χ1n) is 9.09. The fourth-order valence-electron chi connectivity index (χ4n) is 4.13. The molecule has 0 aliphatic heterocycles. The monoisotopic (exact) mass is 357 g/mol. The van der Waals surface area contributed by atoms with Gasteiger partial charge in [-0.3, -0.25) is 0 Å². The first kappa shape index (κ1) is 18.8. The minimum absolute atomic E-state index is 0.153. The molecule has 26 heavy (non-hydrogen) atoms. The van der Waals surface area contributed by atoms with Gasteiger partial charge in [-0.25, -0.2) is 10.0 Å². The molecule has 3 rings (SSSR count). The SMILES string of the molecule is C=C1C[C@@H](OC(=O)c2ccc([NH+]([O-])O)cc2)C(C)(C)CC2=C(C)CC[C@H]12. The van der Waals surface area contributed by atoms with Gasteiger partial charge in [-0.2, -0.15) is 5.23 Å². The van der Waals surface area contributed by atoms with Crippen LogP contribution in [0.5, 0.6) is 0 Å². The molecule has 1 aromatic carbocycles. The minimum atomic E-state index is -1.01. The molecule has 1 saturated carbocycles. The summed E-state index contributed by atoms with van der Waals surface area (Å²) in [6, 6.07) is 5.86. The van der Waals surface area contributed by atoms with Crippen LogP contribution in [0.3, 0.4) is 0 Å². The predicted molar refractivity (Wildman–Crippen MR) is 99.0 cm³/mol. The topological polar surface area (TPSA) is 74.0 Å². The molecule has 0 radical (unpaired) electrons. The molecule has 0 amide bonds. The Kier molecular flexibility index (Phi) is 5.06. The first-order chi connectivity index (χ1) is 12.2. The van der Waals surface area contributed by atoms with Crippen molar-refractivity contribution >= 4 is 11.7 Å². The van der Waals surface area contributed by atoms with Crippen molar-refractivity contribution < 1.29 is 20.0 Å². The van der Waals surface area contributed by atoms with Crippen LogP contribution in [0.15, 0.2) is 47.6 Å². The number of nitrogens with one attached hydrogen (secondary N) is 1. The maximum Gasteiger partial charge on any atom is 0.338 e.